The van der Waals surface area contributed by atoms with Gasteiger partial charge < -0.3 is 29.2 Å². The molecule has 0 atom stereocenters. The third-order valence-electron chi connectivity index (χ3n) is 14.7. The molecule has 7 aromatic rings. The Hall–Kier alpha value is -6.69. The number of hydrogen-bond acceptors (Lipinski definition) is 11. The number of sulfonamides is 2. The Bertz CT molecular complexity index is 3260. The monoisotopic (exact) mass is 1040 g/mol. The Kier molecular flexibility index (Phi) is 15.0. The van der Waals surface area contributed by atoms with Crippen molar-refractivity contribution in [2.75, 3.05) is 113 Å². The molecular weight excluding hydrogens is 969 g/mol. The molecule has 0 saturated carbocycles. The molecule has 0 fully saturated rings. The van der Waals surface area contributed by atoms with Gasteiger partial charge in [-0.15, -0.1) is 0 Å². The second-order valence-electron chi connectivity index (χ2n) is 19.2. The SMILES string of the molecule is CCN(CC)c1ccc2c(c1)Oc1cc(N(CC)CC)ccc1C21c2ccccc2C(=O)N1CCN(CCNS(=O)(=O)c1cccc2c(N(C)C)cccc12)CCNS(=O)(=O)c1cccc2c(N(C)C)cccc12. The Balaban J connectivity index is 1.08. The predicted molar refractivity (Wildman–Crippen MR) is 301 cm³/mol. The van der Waals surface area contributed by atoms with Gasteiger partial charge in [0.1, 0.15) is 17.0 Å². The van der Waals surface area contributed by atoms with E-state index >= 15 is 4.79 Å². The van der Waals surface area contributed by atoms with E-state index in [1.54, 1.807) is 24.3 Å². The van der Waals surface area contributed by atoms with Crippen LogP contribution < -0.4 is 33.8 Å². The Morgan fingerprint density at radius 2 is 0.959 bits per heavy atom. The first kappa shape index (κ1) is 52.2. The molecule has 2 N–H and O–H groups in total. The molecule has 2 aliphatic rings. The highest BCUT2D eigenvalue weighted by molar-refractivity contribution is 7.90. The van der Waals surface area contributed by atoms with Crippen molar-refractivity contribution in [2.45, 2.75) is 43.0 Å². The maximum atomic E-state index is 15.2. The van der Waals surface area contributed by atoms with E-state index in [0.717, 1.165) is 76.4 Å². The van der Waals surface area contributed by atoms with Crippen LogP contribution in [0.15, 0.2) is 143 Å². The van der Waals surface area contributed by atoms with Crippen LogP contribution in [0, 0.1) is 0 Å². The number of fused-ring (bicyclic) bond motifs is 8. The van der Waals surface area contributed by atoms with E-state index in [1.165, 1.54) is 0 Å². The van der Waals surface area contributed by atoms with Gasteiger partial charge in [0.25, 0.3) is 5.91 Å². The van der Waals surface area contributed by atoms with E-state index in [0.29, 0.717) is 27.8 Å². The number of nitrogens with one attached hydrogen (secondary N) is 2. The van der Waals surface area contributed by atoms with Gasteiger partial charge in [0.2, 0.25) is 20.0 Å². The van der Waals surface area contributed by atoms with Crippen molar-refractivity contribution in [2.24, 2.45) is 0 Å². The molecule has 9 rings (SSSR count). The first-order valence-corrected chi connectivity index (χ1v) is 28.5. The second kappa shape index (κ2) is 21.3. The molecule has 0 aliphatic carbocycles. The van der Waals surface area contributed by atoms with Crippen molar-refractivity contribution < 1.29 is 26.4 Å². The lowest BCUT2D eigenvalue weighted by molar-refractivity contribution is 0.0636. The van der Waals surface area contributed by atoms with Crippen LogP contribution in [0.4, 0.5) is 22.7 Å². The molecule has 7 aromatic carbocycles. The Morgan fingerprint density at radius 1 is 0.514 bits per heavy atom. The molecule has 16 heteroatoms. The highest BCUT2D eigenvalue weighted by Gasteiger charge is 2.56. The quantitative estimate of drug-likeness (QED) is 0.0714. The third-order valence-corrected chi connectivity index (χ3v) is 17.8. The van der Waals surface area contributed by atoms with E-state index in [9.17, 15) is 16.8 Å². The molecular formula is C58H68N8O6S2. The van der Waals surface area contributed by atoms with Crippen molar-refractivity contribution in [1.82, 2.24) is 19.2 Å². The summed E-state index contributed by atoms with van der Waals surface area (Å²) >= 11 is 0. The molecule has 14 nitrogen and oxygen atoms in total. The van der Waals surface area contributed by atoms with Crippen molar-refractivity contribution in [3.8, 4) is 11.5 Å². The smallest absolute Gasteiger partial charge is 0.255 e. The molecule has 388 valence electrons. The summed E-state index contributed by atoms with van der Waals surface area (Å²) in [6.07, 6.45) is 0. The zero-order valence-electron chi connectivity index (χ0n) is 43.7. The number of hydrogen-bond donors (Lipinski definition) is 2. The number of nitrogens with zero attached hydrogens (tertiary/aromatic N) is 6. The summed E-state index contributed by atoms with van der Waals surface area (Å²) in [5.74, 6) is 1.17. The van der Waals surface area contributed by atoms with Crippen LogP contribution in [0.5, 0.6) is 11.5 Å². The number of carbonyl (C=O) groups excluding carboxylic acids is 1. The van der Waals surface area contributed by atoms with Crippen molar-refractivity contribution >= 4 is 70.2 Å². The lowest BCUT2D eigenvalue weighted by atomic mass is 9.74. The fourth-order valence-corrected chi connectivity index (χ4v) is 13.6. The predicted octanol–water partition coefficient (Wildman–Crippen LogP) is 8.93. The molecule has 74 heavy (non-hydrogen) atoms. The standard InChI is InChI=1S/C58H68N8O6S2/c1-9-64(10-2)41-29-31-49-53(39-41)72-54-40-42(65(11-3)12-4)30-32-50(54)58(49)48-24-14-13-19-47(48)57(67)66(58)38-37-63(35-33-59-73(68,69)55-27-17-20-43-45(55)22-15-25-51(43)61(5)6)36-34-60-74(70,71)56-28-18-21-44-46(56)23-16-26-52(44)62(7)8/h13-32,39-40,59-60H,9-12,33-38H2,1-8H3. The molecule has 1 amide bonds. The van der Waals surface area contributed by atoms with E-state index in [1.807, 2.05) is 121 Å². The normalized spacial score (nSPS) is 13.8. The summed E-state index contributed by atoms with van der Waals surface area (Å²) in [6.45, 7) is 12.6. The molecule has 2 aliphatic heterocycles. The minimum Gasteiger partial charge on any atom is -0.456 e. The highest BCUT2D eigenvalue weighted by atomic mass is 32.2. The molecule has 1 spiro atoms. The summed E-state index contributed by atoms with van der Waals surface area (Å²) in [5, 5.41) is 2.83. The molecule has 0 aromatic heterocycles. The lowest BCUT2D eigenvalue weighted by Crippen LogP contribution is -2.51. The van der Waals surface area contributed by atoms with Crippen LogP contribution in [0.1, 0.15) is 54.7 Å². The van der Waals surface area contributed by atoms with Crippen molar-refractivity contribution in [1.29, 1.82) is 0 Å². The Morgan fingerprint density at radius 3 is 1.42 bits per heavy atom. The van der Waals surface area contributed by atoms with Crippen LogP contribution in [-0.2, 0) is 25.6 Å². The van der Waals surface area contributed by atoms with Crippen molar-refractivity contribution in [3.05, 3.63) is 156 Å². The van der Waals surface area contributed by atoms with E-state index in [4.69, 9.17) is 4.74 Å². The molecule has 0 saturated heterocycles. The summed E-state index contributed by atoms with van der Waals surface area (Å²) in [6, 6.07) is 42.2. The lowest BCUT2D eigenvalue weighted by Gasteiger charge is -2.45. The summed E-state index contributed by atoms with van der Waals surface area (Å²) in [5.41, 5.74) is 5.81. The van der Waals surface area contributed by atoms with Crippen LogP contribution in [0.2, 0.25) is 0 Å². The van der Waals surface area contributed by atoms with Crippen LogP contribution in [0.3, 0.4) is 0 Å². The van der Waals surface area contributed by atoms with Crippen LogP contribution in [-0.4, -0.2) is 126 Å². The number of ether oxygens (including phenoxy) is 1. The van der Waals surface area contributed by atoms with Crippen LogP contribution in [0.25, 0.3) is 21.5 Å². The minimum atomic E-state index is -4.02. The summed E-state index contributed by atoms with van der Waals surface area (Å²) in [4.78, 5) is 28.0. The molecule has 0 unspecified atom stereocenters. The van der Waals surface area contributed by atoms with Crippen molar-refractivity contribution in [3.63, 3.8) is 0 Å². The van der Waals surface area contributed by atoms with Gasteiger partial charge >= 0.3 is 0 Å². The average molecular weight is 1040 g/mol. The van der Waals surface area contributed by atoms with Gasteiger partial charge in [0.15, 0.2) is 0 Å². The minimum absolute atomic E-state index is 0.0105. The number of anilines is 4. The first-order chi connectivity index (χ1) is 35.6. The van der Waals surface area contributed by atoms with E-state index in [-0.39, 0.29) is 55.0 Å². The average Bonchev–Trinajstić information content (AvgIpc) is 3.65. The summed E-state index contributed by atoms with van der Waals surface area (Å²) in [7, 11) is -0.347. The molecule has 0 bridgehead atoms. The fourth-order valence-electron chi connectivity index (χ4n) is 11.1. The van der Waals surface area contributed by atoms with E-state index in [2.05, 4.69) is 83.3 Å². The van der Waals surface area contributed by atoms with E-state index < -0.39 is 25.6 Å². The van der Waals surface area contributed by atoms with Gasteiger partial charge in [-0.05, 0) is 75.7 Å². The summed E-state index contributed by atoms with van der Waals surface area (Å²) < 4.78 is 69.7. The highest BCUT2D eigenvalue weighted by Crippen LogP contribution is 2.58. The van der Waals surface area contributed by atoms with Gasteiger partial charge in [0, 0.05) is 167 Å². The van der Waals surface area contributed by atoms with Gasteiger partial charge in [0.05, 0.1) is 9.79 Å². The zero-order valence-corrected chi connectivity index (χ0v) is 45.4. The van der Waals surface area contributed by atoms with Crippen LogP contribution >= 0.6 is 0 Å². The number of benzene rings is 7. The topological polar surface area (TPSA) is 138 Å². The van der Waals surface area contributed by atoms with Gasteiger partial charge in [-0.25, -0.2) is 26.3 Å². The largest absolute Gasteiger partial charge is 0.456 e. The first-order valence-electron chi connectivity index (χ1n) is 25.6. The molecule has 2 heterocycles. The Labute approximate surface area is 437 Å². The number of rotatable bonds is 21. The fraction of sp³-hybridized carbons (Fsp3) is 0.328. The maximum absolute atomic E-state index is 15.2. The number of carbonyl (C=O) groups is 1. The maximum Gasteiger partial charge on any atom is 0.255 e. The van der Waals surface area contributed by atoms with Gasteiger partial charge in [-0.1, -0.05) is 78.9 Å². The number of amides is 1. The second-order valence-corrected chi connectivity index (χ2v) is 22.7. The molecule has 0 radical (unpaired) electrons. The third kappa shape index (κ3) is 9.42. The van der Waals surface area contributed by atoms with Gasteiger partial charge in [-0.3, -0.25) is 9.69 Å². The zero-order chi connectivity index (χ0) is 52.5. The van der Waals surface area contributed by atoms with Gasteiger partial charge in [-0.2, -0.15) is 0 Å².